The molecule has 0 aliphatic heterocycles. The summed E-state index contributed by atoms with van der Waals surface area (Å²) in [6.07, 6.45) is 1.08. The van der Waals surface area contributed by atoms with Crippen molar-refractivity contribution < 1.29 is 18.1 Å². The average Bonchev–Trinajstić information content (AvgIpc) is 2.73. The minimum absolute atomic E-state index is 0.0554. The topological polar surface area (TPSA) is 110 Å². The predicted octanol–water partition coefficient (Wildman–Crippen LogP) is 4.12. The highest BCUT2D eigenvalue weighted by atomic mass is 32.2. The summed E-state index contributed by atoms with van der Waals surface area (Å²) in [4.78, 5) is 23.6. The Labute approximate surface area is 180 Å². The number of rotatable bonds is 7. The molecule has 3 aromatic rings. The molecule has 1 N–H and O–H groups in total. The minimum Gasteiger partial charge on any atom is -0.321 e. The van der Waals surface area contributed by atoms with E-state index < -0.39 is 20.9 Å². The molecule has 8 nitrogen and oxygen atoms in total. The number of nitro groups is 1. The molecule has 0 bridgehead atoms. The van der Waals surface area contributed by atoms with Crippen molar-refractivity contribution in [2.45, 2.75) is 13.5 Å². The lowest BCUT2D eigenvalue weighted by molar-refractivity contribution is -0.384. The lowest BCUT2D eigenvalue weighted by Crippen LogP contribution is -2.31. The van der Waals surface area contributed by atoms with E-state index in [0.717, 1.165) is 16.1 Å². The number of benzene rings is 3. The van der Waals surface area contributed by atoms with E-state index in [1.807, 2.05) is 6.07 Å². The fourth-order valence-electron chi connectivity index (χ4n) is 3.06. The zero-order chi connectivity index (χ0) is 22.6. The maximum atomic E-state index is 13.0. The number of amides is 1. The van der Waals surface area contributed by atoms with Crippen LogP contribution in [0.25, 0.3) is 0 Å². The predicted molar refractivity (Wildman–Crippen MR) is 120 cm³/mol. The van der Waals surface area contributed by atoms with Gasteiger partial charge in [-0.15, -0.1) is 0 Å². The molecule has 0 unspecified atom stereocenters. The van der Waals surface area contributed by atoms with E-state index in [9.17, 15) is 23.3 Å². The van der Waals surface area contributed by atoms with Crippen LogP contribution in [0.3, 0.4) is 0 Å². The van der Waals surface area contributed by atoms with Gasteiger partial charge in [-0.1, -0.05) is 48.5 Å². The Morgan fingerprint density at radius 1 is 1.03 bits per heavy atom. The van der Waals surface area contributed by atoms with Crippen LogP contribution in [-0.2, 0) is 16.6 Å². The van der Waals surface area contributed by atoms with Crippen LogP contribution in [0.5, 0.6) is 0 Å². The third-order valence-corrected chi connectivity index (χ3v) is 5.79. The Bertz CT molecular complexity index is 1230. The van der Waals surface area contributed by atoms with Gasteiger partial charge in [-0.25, -0.2) is 8.42 Å². The van der Waals surface area contributed by atoms with Gasteiger partial charge in [0.2, 0.25) is 10.0 Å². The van der Waals surface area contributed by atoms with Gasteiger partial charge >= 0.3 is 0 Å². The number of non-ortho nitro benzene ring substituents is 1. The van der Waals surface area contributed by atoms with E-state index in [0.29, 0.717) is 5.56 Å². The third kappa shape index (κ3) is 5.26. The fraction of sp³-hybridized carbons (Fsp3) is 0.136. The third-order valence-electron chi connectivity index (χ3n) is 4.67. The first-order valence-electron chi connectivity index (χ1n) is 9.34. The Balaban J connectivity index is 1.99. The highest BCUT2D eigenvalue weighted by Gasteiger charge is 2.24. The summed E-state index contributed by atoms with van der Waals surface area (Å²) in [5.74, 6) is -0.569. The summed E-state index contributed by atoms with van der Waals surface area (Å²) in [7, 11) is -3.71. The maximum Gasteiger partial charge on any atom is 0.271 e. The first-order valence-corrected chi connectivity index (χ1v) is 11.2. The number of nitro benzene ring substituents is 1. The van der Waals surface area contributed by atoms with E-state index in [-0.39, 0.29) is 29.2 Å². The number of para-hydroxylation sites is 1. The summed E-state index contributed by atoms with van der Waals surface area (Å²) in [6, 6.07) is 19.5. The molecule has 0 aliphatic carbocycles. The minimum atomic E-state index is -3.71. The van der Waals surface area contributed by atoms with E-state index in [1.54, 1.807) is 49.4 Å². The molecule has 3 aromatic carbocycles. The Kier molecular flexibility index (Phi) is 6.36. The van der Waals surface area contributed by atoms with Crippen molar-refractivity contribution in [1.29, 1.82) is 0 Å². The number of hydrogen-bond donors (Lipinski definition) is 1. The quantitative estimate of drug-likeness (QED) is 0.440. The number of carbonyl (C=O) groups excluding carboxylic acids is 1. The molecule has 0 aliphatic rings. The van der Waals surface area contributed by atoms with E-state index >= 15 is 0 Å². The van der Waals surface area contributed by atoms with Gasteiger partial charge in [-0.3, -0.25) is 19.2 Å². The highest BCUT2D eigenvalue weighted by molar-refractivity contribution is 7.92. The molecule has 0 fully saturated rings. The van der Waals surface area contributed by atoms with Crippen LogP contribution in [0.4, 0.5) is 17.1 Å². The van der Waals surface area contributed by atoms with Crippen molar-refractivity contribution in [3.8, 4) is 0 Å². The lowest BCUT2D eigenvalue weighted by atomic mass is 10.1. The van der Waals surface area contributed by atoms with Crippen LogP contribution >= 0.6 is 0 Å². The van der Waals surface area contributed by atoms with E-state index in [2.05, 4.69) is 5.32 Å². The molecule has 0 aromatic heterocycles. The van der Waals surface area contributed by atoms with Crippen molar-refractivity contribution in [3.05, 3.63) is 99.6 Å². The molecule has 3 rings (SSSR count). The first-order chi connectivity index (χ1) is 14.7. The molecule has 0 atom stereocenters. The summed E-state index contributed by atoms with van der Waals surface area (Å²) in [5, 5.41) is 13.7. The second kappa shape index (κ2) is 8.97. The molecule has 0 saturated carbocycles. The second-order valence-corrected chi connectivity index (χ2v) is 8.89. The largest absolute Gasteiger partial charge is 0.321 e. The molecule has 9 heteroatoms. The van der Waals surface area contributed by atoms with Gasteiger partial charge in [0.25, 0.3) is 11.6 Å². The summed E-state index contributed by atoms with van der Waals surface area (Å²) < 4.78 is 26.3. The number of sulfonamides is 1. The monoisotopic (exact) mass is 439 g/mol. The average molecular weight is 439 g/mol. The SMILES string of the molecule is Cc1ccc([N+](=O)[O-])cc1NC(=O)c1ccccc1N(Cc1ccccc1)S(C)(=O)=O. The van der Waals surface area contributed by atoms with Gasteiger partial charge in [-0.2, -0.15) is 0 Å². The van der Waals surface area contributed by atoms with Crippen LogP contribution < -0.4 is 9.62 Å². The number of carbonyl (C=O) groups is 1. The standard InChI is InChI=1S/C22H21N3O5S/c1-16-12-13-18(25(27)28)14-20(16)23-22(26)19-10-6-7-11-21(19)24(31(2,29)30)15-17-8-4-3-5-9-17/h3-14H,15H2,1-2H3,(H,23,26). The molecule has 160 valence electrons. The van der Waals surface area contributed by atoms with Gasteiger partial charge in [0.15, 0.2) is 0 Å². The molecule has 31 heavy (non-hydrogen) atoms. The molecule has 0 saturated heterocycles. The summed E-state index contributed by atoms with van der Waals surface area (Å²) >= 11 is 0. The molecular formula is C22H21N3O5S. The fourth-order valence-corrected chi connectivity index (χ4v) is 3.96. The summed E-state index contributed by atoms with van der Waals surface area (Å²) in [6.45, 7) is 1.77. The van der Waals surface area contributed by atoms with Crippen molar-refractivity contribution in [1.82, 2.24) is 0 Å². The van der Waals surface area contributed by atoms with Crippen molar-refractivity contribution >= 4 is 33.0 Å². The maximum absolute atomic E-state index is 13.0. The lowest BCUT2D eigenvalue weighted by Gasteiger charge is -2.25. The van der Waals surface area contributed by atoms with Gasteiger partial charge < -0.3 is 5.32 Å². The van der Waals surface area contributed by atoms with Crippen molar-refractivity contribution in [2.24, 2.45) is 0 Å². The smallest absolute Gasteiger partial charge is 0.271 e. The number of nitrogens with one attached hydrogen (secondary N) is 1. The van der Waals surface area contributed by atoms with Gasteiger partial charge in [0.1, 0.15) is 0 Å². The van der Waals surface area contributed by atoms with Crippen LogP contribution in [0.1, 0.15) is 21.5 Å². The Hall–Kier alpha value is -3.72. The molecule has 0 heterocycles. The van der Waals surface area contributed by atoms with Gasteiger partial charge in [-0.05, 0) is 30.2 Å². The van der Waals surface area contributed by atoms with Crippen LogP contribution in [0.2, 0.25) is 0 Å². The Morgan fingerprint density at radius 3 is 2.32 bits per heavy atom. The van der Waals surface area contributed by atoms with Crippen LogP contribution in [0, 0.1) is 17.0 Å². The van der Waals surface area contributed by atoms with E-state index in [1.165, 1.54) is 24.3 Å². The Morgan fingerprint density at radius 2 is 1.68 bits per heavy atom. The zero-order valence-electron chi connectivity index (χ0n) is 17.0. The zero-order valence-corrected chi connectivity index (χ0v) is 17.8. The molecular weight excluding hydrogens is 418 g/mol. The van der Waals surface area contributed by atoms with Crippen molar-refractivity contribution in [2.75, 3.05) is 15.9 Å². The number of aryl methyl sites for hydroxylation is 1. The first kappa shape index (κ1) is 22.0. The number of hydrogen-bond acceptors (Lipinski definition) is 5. The second-order valence-electron chi connectivity index (χ2n) is 6.98. The summed E-state index contributed by atoms with van der Waals surface area (Å²) in [5.41, 5.74) is 1.88. The molecule has 0 spiro atoms. The number of anilines is 2. The van der Waals surface area contributed by atoms with Crippen LogP contribution in [-0.4, -0.2) is 25.5 Å². The molecule has 0 radical (unpaired) electrons. The van der Waals surface area contributed by atoms with Gasteiger partial charge in [0, 0.05) is 12.1 Å². The van der Waals surface area contributed by atoms with Gasteiger partial charge in [0.05, 0.1) is 34.7 Å². The normalized spacial score (nSPS) is 11.0. The highest BCUT2D eigenvalue weighted by Crippen LogP contribution is 2.28. The van der Waals surface area contributed by atoms with Crippen LogP contribution in [0.15, 0.2) is 72.8 Å². The molecule has 1 amide bonds. The van der Waals surface area contributed by atoms with Crippen molar-refractivity contribution in [3.63, 3.8) is 0 Å². The van der Waals surface area contributed by atoms with E-state index in [4.69, 9.17) is 0 Å². The number of nitrogens with zero attached hydrogens (tertiary/aromatic N) is 2.